The Hall–Kier alpha value is -4.14. The van der Waals surface area contributed by atoms with Gasteiger partial charge in [-0.25, -0.2) is 0 Å². The van der Waals surface area contributed by atoms with Gasteiger partial charge in [-0.1, -0.05) is 30.3 Å². The summed E-state index contributed by atoms with van der Waals surface area (Å²) in [4.78, 5) is 13.7. The molecular formula is C28H25F3N2O4. The van der Waals surface area contributed by atoms with Crippen LogP contribution < -0.4 is 24.8 Å². The number of hydrogen-bond donors (Lipinski definition) is 2. The zero-order chi connectivity index (χ0) is 26.2. The fraction of sp³-hybridized carbons (Fsp3) is 0.250. The third kappa shape index (κ3) is 5.07. The molecule has 2 aliphatic rings. The SMILES string of the molecule is COc1ccc([C@H]2CC(=O)C3=C(C2)Nc2ccccc2N[C@@H]3c2ccc(OC(F)(F)F)cc2)cc1OC. The Kier molecular flexibility index (Phi) is 6.45. The minimum Gasteiger partial charge on any atom is -0.493 e. The van der Waals surface area contributed by atoms with Crippen LogP contribution in [0.15, 0.2) is 78.0 Å². The van der Waals surface area contributed by atoms with Gasteiger partial charge in [0.15, 0.2) is 17.3 Å². The second kappa shape index (κ2) is 9.72. The Morgan fingerprint density at radius 1 is 0.838 bits per heavy atom. The minimum atomic E-state index is -4.78. The van der Waals surface area contributed by atoms with E-state index in [2.05, 4.69) is 15.4 Å². The molecule has 0 spiro atoms. The number of allylic oxidation sites excluding steroid dienone is 1. The summed E-state index contributed by atoms with van der Waals surface area (Å²) in [6.45, 7) is 0. The van der Waals surface area contributed by atoms with Crippen molar-refractivity contribution in [3.05, 3.63) is 89.1 Å². The van der Waals surface area contributed by atoms with Crippen LogP contribution in [0.3, 0.4) is 0 Å². The first kappa shape index (κ1) is 24.5. The maximum atomic E-state index is 13.7. The van der Waals surface area contributed by atoms with E-state index < -0.39 is 12.4 Å². The highest BCUT2D eigenvalue weighted by molar-refractivity contribution is 6.01. The molecule has 3 aromatic rings. The molecule has 0 bridgehead atoms. The lowest BCUT2D eigenvalue weighted by Gasteiger charge is -2.30. The largest absolute Gasteiger partial charge is 0.573 e. The number of fused-ring (bicyclic) bond motifs is 1. The molecule has 1 aliphatic heterocycles. The summed E-state index contributed by atoms with van der Waals surface area (Å²) in [5.74, 6) is 0.742. The normalized spacial score (nSPS) is 19.1. The monoisotopic (exact) mass is 510 g/mol. The van der Waals surface area contributed by atoms with E-state index >= 15 is 0 Å². The van der Waals surface area contributed by atoms with Crippen LogP contribution in [-0.4, -0.2) is 26.4 Å². The summed E-state index contributed by atoms with van der Waals surface area (Å²) in [6.07, 6.45) is -3.93. The summed E-state index contributed by atoms with van der Waals surface area (Å²) >= 11 is 0. The number of hydrogen-bond acceptors (Lipinski definition) is 6. The molecule has 9 heteroatoms. The van der Waals surface area contributed by atoms with Crippen molar-refractivity contribution in [2.75, 3.05) is 24.9 Å². The average Bonchev–Trinajstić information content (AvgIpc) is 3.04. The topological polar surface area (TPSA) is 68.8 Å². The van der Waals surface area contributed by atoms with Gasteiger partial charge in [-0.3, -0.25) is 4.79 Å². The Morgan fingerprint density at radius 3 is 2.19 bits per heavy atom. The number of para-hydroxylation sites is 2. The third-order valence-corrected chi connectivity index (χ3v) is 6.63. The fourth-order valence-electron chi connectivity index (χ4n) is 4.95. The first-order valence-electron chi connectivity index (χ1n) is 11.7. The van der Waals surface area contributed by atoms with Crippen LogP contribution in [0.5, 0.6) is 17.2 Å². The second-order valence-electron chi connectivity index (χ2n) is 8.90. The average molecular weight is 511 g/mol. The van der Waals surface area contributed by atoms with Crippen LogP contribution in [0.25, 0.3) is 0 Å². The molecule has 0 amide bonds. The molecule has 0 aromatic heterocycles. The molecule has 0 unspecified atom stereocenters. The molecule has 1 heterocycles. The maximum absolute atomic E-state index is 13.7. The van der Waals surface area contributed by atoms with E-state index in [1.165, 1.54) is 12.1 Å². The van der Waals surface area contributed by atoms with Gasteiger partial charge in [-0.2, -0.15) is 0 Å². The number of Topliss-reactive ketones (excluding diaryl/α,β-unsaturated/α-hetero) is 1. The standard InChI is InChI=1S/C28H25F3N2O4/c1-35-24-12-9-17(15-25(24)36-2)18-13-22-26(23(34)14-18)27(33-21-6-4-3-5-20(21)32-22)16-7-10-19(11-8-16)37-28(29,30)31/h3-12,15,18,27,32-33H,13-14H2,1-2H3/t18-,27-/m1/s1. The molecular weight excluding hydrogens is 485 g/mol. The van der Waals surface area contributed by atoms with Gasteiger partial charge in [0.1, 0.15) is 5.75 Å². The molecule has 0 saturated heterocycles. The van der Waals surface area contributed by atoms with Gasteiger partial charge < -0.3 is 24.8 Å². The highest BCUT2D eigenvalue weighted by Gasteiger charge is 2.36. The first-order chi connectivity index (χ1) is 17.8. The Balaban J connectivity index is 1.53. The smallest absolute Gasteiger partial charge is 0.493 e. The molecule has 6 nitrogen and oxygen atoms in total. The number of anilines is 2. The van der Waals surface area contributed by atoms with Gasteiger partial charge in [-0.15, -0.1) is 13.2 Å². The van der Waals surface area contributed by atoms with Crippen molar-refractivity contribution in [3.63, 3.8) is 0 Å². The van der Waals surface area contributed by atoms with Crippen LogP contribution in [0.4, 0.5) is 24.5 Å². The molecule has 1 aliphatic carbocycles. The molecule has 5 rings (SSSR count). The number of carbonyl (C=O) groups excluding carboxylic acids is 1. The maximum Gasteiger partial charge on any atom is 0.573 e. The lowest BCUT2D eigenvalue weighted by Crippen LogP contribution is -2.27. The zero-order valence-corrected chi connectivity index (χ0v) is 20.2. The number of benzene rings is 3. The number of nitrogens with one attached hydrogen (secondary N) is 2. The van der Waals surface area contributed by atoms with E-state index in [4.69, 9.17) is 9.47 Å². The summed E-state index contributed by atoms with van der Waals surface area (Å²) < 4.78 is 52.8. The molecule has 3 aromatic carbocycles. The van der Waals surface area contributed by atoms with Gasteiger partial charge in [-0.05, 0) is 59.9 Å². The van der Waals surface area contributed by atoms with Crippen molar-refractivity contribution in [1.82, 2.24) is 0 Å². The van der Waals surface area contributed by atoms with Gasteiger partial charge in [0, 0.05) is 17.7 Å². The van der Waals surface area contributed by atoms with Crippen molar-refractivity contribution in [2.24, 2.45) is 0 Å². The lowest BCUT2D eigenvalue weighted by atomic mass is 9.78. The summed E-state index contributed by atoms with van der Waals surface area (Å²) in [5.41, 5.74) is 4.54. The number of rotatable bonds is 5. The predicted octanol–water partition coefficient (Wildman–Crippen LogP) is 6.58. The molecule has 0 fully saturated rings. The molecule has 0 radical (unpaired) electrons. The first-order valence-corrected chi connectivity index (χ1v) is 11.7. The molecule has 2 N–H and O–H groups in total. The Morgan fingerprint density at radius 2 is 1.51 bits per heavy atom. The van der Waals surface area contributed by atoms with Crippen molar-refractivity contribution < 1.29 is 32.2 Å². The molecule has 2 atom stereocenters. The predicted molar refractivity (Wildman–Crippen MR) is 133 cm³/mol. The zero-order valence-electron chi connectivity index (χ0n) is 20.2. The van der Waals surface area contributed by atoms with E-state index in [0.29, 0.717) is 29.1 Å². The van der Waals surface area contributed by atoms with E-state index in [0.717, 1.165) is 22.6 Å². The summed E-state index contributed by atoms with van der Waals surface area (Å²) in [5, 5.41) is 6.87. The van der Waals surface area contributed by atoms with Crippen molar-refractivity contribution in [2.45, 2.75) is 31.2 Å². The van der Waals surface area contributed by atoms with Crippen LogP contribution in [0.2, 0.25) is 0 Å². The number of alkyl halides is 3. The minimum absolute atomic E-state index is 0.0468. The summed E-state index contributed by atoms with van der Waals surface area (Å²) in [7, 11) is 3.14. The number of methoxy groups -OCH3 is 2. The van der Waals surface area contributed by atoms with E-state index in [1.807, 2.05) is 42.5 Å². The van der Waals surface area contributed by atoms with Gasteiger partial charge in [0.05, 0.1) is 31.6 Å². The van der Waals surface area contributed by atoms with Crippen molar-refractivity contribution in [3.8, 4) is 17.2 Å². The fourth-order valence-corrected chi connectivity index (χ4v) is 4.95. The highest BCUT2D eigenvalue weighted by Crippen LogP contribution is 2.45. The lowest BCUT2D eigenvalue weighted by molar-refractivity contribution is -0.274. The number of ketones is 1. The van der Waals surface area contributed by atoms with Gasteiger partial charge >= 0.3 is 6.36 Å². The van der Waals surface area contributed by atoms with Crippen LogP contribution in [0.1, 0.15) is 35.9 Å². The number of carbonyl (C=O) groups is 1. The van der Waals surface area contributed by atoms with Crippen LogP contribution >= 0.6 is 0 Å². The number of ether oxygens (including phenoxy) is 3. The van der Waals surface area contributed by atoms with Gasteiger partial charge in [0.2, 0.25) is 0 Å². The van der Waals surface area contributed by atoms with Crippen LogP contribution in [0, 0.1) is 0 Å². The van der Waals surface area contributed by atoms with Crippen molar-refractivity contribution in [1.29, 1.82) is 0 Å². The molecule has 37 heavy (non-hydrogen) atoms. The van der Waals surface area contributed by atoms with Crippen LogP contribution in [-0.2, 0) is 4.79 Å². The molecule has 0 saturated carbocycles. The third-order valence-electron chi connectivity index (χ3n) is 6.63. The highest BCUT2D eigenvalue weighted by atomic mass is 19.4. The van der Waals surface area contributed by atoms with Gasteiger partial charge in [0.25, 0.3) is 0 Å². The van der Waals surface area contributed by atoms with E-state index in [1.54, 1.807) is 26.4 Å². The van der Waals surface area contributed by atoms with E-state index in [-0.39, 0.29) is 23.9 Å². The number of halogens is 3. The van der Waals surface area contributed by atoms with E-state index in [9.17, 15) is 18.0 Å². The second-order valence-corrected chi connectivity index (χ2v) is 8.90. The summed E-state index contributed by atoms with van der Waals surface area (Å²) in [6, 6.07) is 18.3. The van der Waals surface area contributed by atoms with Crippen molar-refractivity contribution >= 4 is 17.2 Å². The Labute approximate surface area is 212 Å². The quantitative estimate of drug-likeness (QED) is 0.404. The Bertz CT molecular complexity index is 1350. The molecule has 192 valence electrons.